The van der Waals surface area contributed by atoms with Gasteiger partial charge in [-0.05, 0) is 47.0 Å². The first-order valence-corrected chi connectivity index (χ1v) is 7.79. The van der Waals surface area contributed by atoms with Gasteiger partial charge >= 0.3 is 0 Å². The van der Waals surface area contributed by atoms with Gasteiger partial charge in [-0.25, -0.2) is 0 Å². The average molecular weight is 285 g/mol. The molecule has 1 atom stereocenters. The van der Waals surface area contributed by atoms with Crippen LogP contribution in [0.25, 0.3) is 0 Å². The fourth-order valence-electron chi connectivity index (χ4n) is 2.82. The van der Waals surface area contributed by atoms with Crippen LogP contribution in [-0.2, 0) is 9.53 Å². The highest BCUT2D eigenvalue weighted by molar-refractivity contribution is 5.84. The molecule has 118 valence electrons. The number of likely N-dealkylation sites (tertiary alicyclic amines) is 1. The molecule has 0 saturated carbocycles. The summed E-state index contributed by atoms with van der Waals surface area (Å²) in [5, 5.41) is 3.30. The van der Waals surface area contributed by atoms with Gasteiger partial charge in [-0.1, -0.05) is 0 Å². The fourth-order valence-corrected chi connectivity index (χ4v) is 2.82. The first kappa shape index (κ1) is 17.4. The number of carbonyl (C=O) groups is 1. The Hall–Kier alpha value is -0.650. The summed E-state index contributed by atoms with van der Waals surface area (Å²) in [7, 11) is 0. The Morgan fingerprint density at radius 3 is 2.50 bits per heavy atom. The van der Waals surface area contributed by atoms with E-state index in [0.717, 1.165) is 45.5 Å². The van der Waals surface area contributed by atoms with Crippen LogP contribution in [0.15, 0.2) is 0 Å². The van der Waals surface area contributed by atoms with Gasteiger partial charge in [-0.15, -0.1) is 0 Å². The lowest BCUT2D eigenvalue weighted by molar-refractivity contribution is -0.124. The third kappa shape index (κ3) is 5.38. The second kappa shape index (κ2) is 7.96. The van der Waals surface area contributed by atoms with E-state index in [1.54, 1.807) is 0 Å². The summed E-state index contributed by atoms with van der Waals surface area (Å²) < 4.78 is 5.65. The SMILES string of the molecule is CCOC1CCN(CCC(C)(NC(C)C)C(N)=O)CC1. The Morgan fingerprint density at radius 1 is 1.45 bits per heavy atom. The van der Waals surface area contributed by atoms with E-state index in [1.807, 2.05) is 27.7 Å². The number of ether oxygens (including phenoxy) is 1. The van der Waals surface area contributed by atoms with E-state index in [1.165, 1.54) is 0 Å². The molecule has 1 rings (SSSR count). The molecule has 0 aromatic heterocycles. The maximum atomic E-state index is 11.7. The molecule has 1 heterocycles. The number of nitrogens with zero attached hydrogens (tertiary/aromatic N) is 1. The zero-order chi connectivity index (χ0) is 15.2. The zero-order valence-electron chi connectivity index (χ0n) is 13.4. The van der Waals surface area contributed by atoms with Crippen molar-refractivity contribution < 1.29 is 9.53 Å². The van der Waals surface area contributed by atoms with E-state index in [-0.39, 0.29) is 11.9 Å². The summed E-state index contributed by atoms with van der Waals surface area (Å²) in [6, 6.07) is 0.246. The maximum Gasteiger partial charge on any atom is 0.237 e. The van der Waals surface area contributed by atoms with Gasteiger partial charge in [0.1, 0.15) is 0 Å². The predicted octanol–water partition coefficient (Wildman–Crippen LogP) is 1.12. The standard InChI is InChI=1S/C15H31N3O2/c1-5-20-13-6-9-18(10-7-13)11-8-15(4,14(16)19)17-12(2)3/h12-13,17H,5-11H2,1-4H3,(H2,16,19). The summed E-state index contributed by atoms with van der Waals surface area (Å²) >= 11 is 0. The van der Waals surface area contributed by atoms with Crippen LogP contribution >= 0.6 is 0 Å². The highest BCUT2D eigenvalue weighted by Gasteiger charge is 2.32. The average Bonchev–Trinajstić information content (AvgIpc) is 2.37. The smallest absolute Gasteiger partial charge is 0.237 e. The largest absolute Gasteiger partial charge is 0.378 e. The molecular formula is C15H31N3O2. The number of nitrogens with two attached hydrogens (primary N) is 1. The highest BCUT2D eigenvalue weighted by atomic mass is 16.5. The van der Waals surface area contributed by atoms with Crippen molar-refractivity contribution in [2.45, 2.75) is 64.6 Å². The van der Waals surface area contributed by atoms with Gasteiger partial charge in [0.15, 0.2) is 0 Å². The van der Waals surface area contributed by atoms with Crippen LogP contribution in [0.1, 0.15) is 47.0 Å². The van der Waals surface area contributed by atoms with Crippen molar-refractivity contribution in [2.24, 2.45) is 5.73 Å². The molecule has 0 aliphatic carbocycles. The molecule has 1 fully saturated rings. The molecule has 1 aliphatic rings. The van der Waals surface area contributed by atoms with Crippen LogP contribution in [-0.4, -0.2) is 54.7 Å². The van der Waals surface area contributed by atoms with Gasteiger partial charge in [-0.2, -0.15) is 0 Å². The van der Waals surface area contributed by atoms with Gasteiger partial charge in [0, 0.05) is 32.3 Å². The van der Waals surface area contributed by atoms with Gasteiger partial charge in [-0.3, -0.25) is 4.79 Å². The summed E-state index contributed by atoms with van der Waals surface area (Å²) in [5.74, 6) is -0.268. The Labute approximate surface area is 123 Å². The number of rotatable bonds is 8. The summed E-state index contributed by atoms with van der Waals surface area (Å²) in [4.78, 5) is 14.1. The van der Waals surface area contributed by atoms with E-state index >= 15 is 0 Å². The van der Waals surface area contributed by atoms with Crippen LogP contribution < -0.4 is 11.1 Å². The predicted molar refractivity (Wildman–Crippen MR) is 81.6 cm³/mol. The summed E-state index contributed by atoms with van der Waals surface area (Å²) in [6.45, 7) is 11.8. The Morgan fingerprint density at radius 2 is 2.05 bits per heavy atom. The van der Waals surface area contributed by atoms with Crippen molar-refractivity contribution in [3.8, 4) is 0 Å². The zero-order valence-corrected chi connectivity index (χ0v) is 13.4. The van der Waals surface area contributed by atoms with Crippen molar-refractivity contribution in [3.63, 3.8) is 0 Å². The van der Waals surface area contributed by atoms with Crippen LogP contribution in [0.5, 0.6) is 0 Å². The van der Waals surface area contributed by atoms with Gasteiger partial charge in [0.25, 0.3) is 0 Å². The molecular weight excluding hydrogens is 254 g/mol. The Bertz CT molecular complexity index is 301. The van der Waals surface area contributed by atoms with Gasteiger partial charge in [0.2, 0.25) is 5.91 Å². The molecule has 1 unspecified atom stereocenters. The van der Waals surface area contributed by atoms with Crippen molar-refractivity contribution in [2.75, 3.05) is 26.2 Å². The number of amides is 1. The minimum atomic E-state index is -0.620. The molecule has 1 amide bonds. The second-order valence-electron chi connectivity index (χ2n) is 6.24. The van der Waals surface area contributed by atoms with Crippen molar-refractivity contribution >= 4 is 5.91 Å². The normalized spacial score (nSPS) is 21.1. The van der Waals surface area contributed by atoms with E-state index in [2.05, 4.69) is 10.2 Å². The monoisotopic (exact) mass is 285 g/mol. The van der Waals surface area contributed by atoms with Crippen molar-refractivity contribution in [1.82, 2.24) is 10.2 Å². The molecule has 0 aromatic carbocycles. The van der Waals surface area contributed by atoms with E-state index in [0.29, 0.717) is 6.10 Å². The number of carbonyl (C=O) groups excluding carboxylic acids is 1. The summed E-state index contributed by atoms with van der Waals surface area (Å²) in [6.07, 6.45) is 3.32. The molecule has 20 heavy (non-hydrogen) atoms. The molecule has 3 N–H and O–H groups in total. The molecule has 1 aliphatic heterocycles. The second-order valence-corrected chi connectivity index (χ2v) is 6.24. The fraction of sp³-hybridized carbons (Fsp3) is 0.933. The first-order valence-electron chi connectivity index (χ1n) is 7.79. The molecule has 0 bridgehead atoms. The molecule has 0 spiro atoms. The molecule has 5 heteroatoms. The van der Waals surface area contributed by atoms with Crippen LogP contribution in [0.3, 0.4) is 0 Å². The molecule has 1 saturated heterocycles. The first-order chi connectivity index (χ1) is 9.37. The topological polar surface area (TPSA) is 67.6 Å². The van der Waals surface area contributed by atoms with Gasteiger partial charge < -0.3 is 20.7 Å². The molecule has 0 aromatic rings. The highest BCUT2D eigenvalue weighted by Crippen LogP contribution is 2.17. The number of primary amides is 1. The Kier molecular flexibility index (Phi) is 6.92. The minimum Gasteiger partial charge on any atom is -0.378 e. The number of hydrogen-bond donors (Lipinski definition) is 2. The molecule has 5 nitrogen and oxygen atoms in total. The van der Waals surface area contributed by atoms with E-state index in [9.17, 15) is 4.79 Å². The third-order valence-corrected chi connectivity index (χ3v) is 4.02. The number of piperidine rings is 1. The maximum absolute atomic E-state index is 11.7. The van der Waals surface area contributed by atoms with Gasteiger partial charge in [0.05, 0.1) is 11.6 Å². The summed E-state index contributed by atoms with van der Waals surface area (Å²) in [5.41, 5.74) is 4.94. The quantitative estimate of drug-likeness (QED) is 0.701. The lowest BCUT2D eigenvalue weighted by Crippen LogP contribution is -2.57. The van der Waals surface area contributed by atoms with Crippen molar-refractivity contribution in [3.05, 3.63) is 0 Å². The van der Waals surface area contributed by atoms with Crippen LogP contribution in [0.2, 0.25) is 0 Å². The van der Waals surface area contributed by atoms with Crippen molar-refractivity contribution in [1.29, 1.82) is 0 Å². The van der Waals surface area contributed by atoms with Crippen LogP contribution in [0, 0.1) is 0 Å². The van der Waals surface area contributed by atoms with E-state index in [4.69, 9.17) is 10.5 Å². The van der Waals surface area contributed by atoms with Crippen LogP contribution in [0.4, 0.5) is 0 Å². The Balaban J connectivity index is 2.39. The van der Waals surface area contributed by atoms with E-state index < -0.39 is 5.54 Å². The number of hydrogen-bond acceptors (Lipinski definition) is 4. The lowest BCUT2D eigenvalue weighted by Gasteiger charge is -2.35. The number of nitrogens with one attached hydrogen (secondary N) is 1. The lowest BCUT2D eigenvalue weighted by atomic mass is 9.95. The third-order valence-electron chi connectivity index (χ3n) is 4.02. The minimum absolute atomic E-state index is 0.246. The molecule has 0 radical (unpaired) electrons.